The van der Waals surface area contributed by atoms with E-state index in [1.807, 2.05) is 24.3 Å². The fraction of sp³-hybridized carbons (Fsp3) is 0. The van der Waals surface area contributed by atoms with Gasteiger partial charge in [0.2, 0.25) is 0 Å². The van der Waals surface area contributed by atoms with E-state index < -0.39 is 0 Å². The van der Waals surface area contributed by atoms with Crippen molar-refractivity contribution in [2.24, 2.45) is 0 Å². The molecule has 0 radical (unpaired) electrons. The molecule has 0 spiro atoms. The number of nitrogens with zero attached hydrogens (tertiary/aromatic N) is 1. The Bertz CT molecular complexity index is 219. The summed E-state index contributed by atoms with van der Waals surface area (Å²) in [5.41, 5.74) is 0. The summed E-state index contributed by atoms with van der Waals surface area (Å²) in [5, 5.41) is 6.59. The summed E-state index contributed by atoms with van der Waals surface area (Å²) in [5.74, 6) is 0. The molecule has 0 unspecified atom stereocenters. The predicted molar refractivity (Wildman–Crippen MR) is 48.9 cm³/mol. The van der Waals surface area contributed by atoms with Crippen molar-refractivity contribution in [1.29, 1.82) is 0 Å². The molecule has 0 aliphatic rings. The topological polar surface area (TPSA) is 28.7 Å². The van der Waals surface area contributed by atoms with Crippen LogP contribution < -0.4 is 0 Å². The molecule has 0 aromatic carbocycles. The maximum atomic E-state index is 3.84. The van der Waals surface area contributed by atoms with Crippen LogP contribution in [0.2, 0.25) is 0 Å². The molecule has 0 aliphatic heterocycles. The minimum atomic E-state index is 1.17. The monoisotopic (exact) mass is 246 g/mol. The molecule has 3 heteroatoms. The molecule has 10 heavy (non-hydrogen) atoms. The van der Waals surface area contributed by atoms with Crippen LogP contribution >= 0.6 is 22.6 Å². The lowest BCUT2D eigenvalue weighted by Gasteiger charge is -1.74. The fourth-order valence-corrected chi connectivity index (χ4v) is 0.886. The van der Waals surface area contributed by atoms with Gasteiger partial charge >= 0.3 is 0 Å². The van der Waals surface area contributed by atoms with E-state index in [0.717, 1.165) is 0 Å². The van der Waals surface area contributed by atoms with Crippen LogP contribution in [-0.4, -0.2) is 10.2 Å². The molecule has 1 aromatic rings. The third kappa shape index (κ3) is 2.82. The molecule has 1 N–H and O–H groups in total. The second kappa shape index (κ2) is 4.27. The zero-order valence-corrected chi connectivity index (χ0v) is 7.45. The van der Waals surface area contributed by atoms with Crippen molar-refractivity contribution >= 4 is 22.6 Å². The lowest BCUT2D eigenvalue weighted by atomic mass is 10.5. The van der Waals surface area contributed by atoms with E-state index in [9.17, 15) is 0 Å². The van der Waals surface area contributed by atoms with E-state index in [2.05, 4.69) is 32.8 Å². The highest BCUT2D eigenvalue weighted by molar-refractivity contribution is 14.1. The first kappa shape index (κ1) is 7.53. The number of halogens is 1. The molecule has 2 nitrogen and oxygen atoms in total. The Balaban J connectivity index is 3.13. The van der Waals surface area contributed by atoms with Gasteiger partial charge in [-0.1, -0.05) is 6.07 Å². The van der Waals surface area contributed by atoms with Crippen LogP contribution in [0, 0.1) is 3.57 Å². The normalized spacial score (nSPS) is 8.50. The first-order chi connectivity index (χ1) is 4.89. The summed E-state index contributed by atoms with van der Waals surface area (Å²) in [6.07, 6.45) is 3.50. The second-order valence-corrected chi connectivity index (χ2v) is 2.92. The molecule has 0 bridgehead atoms. The summed E-state index contributed by atoms with van der Waals surface area (Å²) in [7, 11) is 0. The fourth-order valence-electron chi connectivity index (χ4n) is 0.499. The first-order valence-electron chi connectivity index (χ1n) is 2.87. The van der Waals surface area contributed by atoms with Gasteiger partial charge in [0.25, 0.3) is 0 Å². The van der Waals surface area contributed by atoms with Crippen molar-refractivity contribution < 1.29 is 0 Å². The highest BCUT2D eigenvalue weighted by Crippen LogP contribution is 1.96. The number of H-pyrrole nitrogens is 1. The van der Waals surface area contributed by atoms with Gasteiger partial charge in [0.1, 0.15) is 0 Å². The van der Waals surface area contributed by atoms with Crippen LogP contribution in [0.3, 0.4) is 0 Å². The Morgan fingerprint density at radius 2 is 2.20 bits per heavy atom. The van der Waals surface area contributed by atoms with Crippen LogP contribution in [0.5, 0.6) is 0 Å². The molecule has 52 valence electrons. The largest absolute Gasteiger partial charge is 0.286 e. The van der Waals surface area contributed by atoms with Crippen molar-refractivity contribution in [2.45, 2.75) is 0 Å². The van der Waals surface area contributed by atoms with Gasteiger partial charge in [-0.15, -0.1) is 0 Å². The molecule has 0 atom stereocenters. The average Bonchev–Trinajstić information content (AvgIpc) is 2.02. The number of rotatable bonds is 0. The van der Waals surface area contributed by atoms with Crippen LogP contribution in [0.15, 0.2) is 36.7 Å². The molecule has 0 saturated carbocycles. The zero-order valence-electron chi connectivity index (χ0n) is 5.29. The Morgan fingerprint density at radius 1 is 1.30 bits per heavy atom. The van der Waals surface area contributed by atoms with E-state index in [0.29, 0.717) is 0 Å². The Hall–Kier alpha value is -0.580. The van der Waals surface area contributed by atoms with Crippen molar-refractivity contribution in [2.75, 3.05) is 0 Å². The Morgan fingerprint density at radius 3 is 3.10 bits per heavy atom. The predicted octanol–water partition coefficient (Wildman–Crippen LogP) is 2.14. The number of hydrogen-bond acceptors (Lipinski definition) is 1. The van der Waals surface area contributed by atoms with Crippen molar-refractivity contribution in [3.8, 4) is 0 Å². The van der Waals surface area contributed by atoms with Gasteiger partial charge in [0.05, 0.1) is 0 Å². The van der Waals surface area contributed by atoms with E-state index in [-0.39, 0.29) is 0 Å². The first-order valence-corrected chi connectivity index (χ1v) is 3.95. The SMILES string of the molecule is Ic1ccccn[nH]cc1. The number of aromatic amines is 1. The zero-order chi connectivity index (χ0) is 7.23. The van der Waals surface area contributed by atoms with Gasteiger partial charge in [-0.2, -0.15) is 5.10 Å². The molecule has 0 aliphatic carbocycles. The molecule has 0 amide bonds. The second-order valence-electron chi connectivity index (χ2n) is 1.68. The van der Waals surface area contributed by atoms with E-state index in [1.165, 1.54) is 3.57 Å². The van der Waals surface area contributed by atoms with Gasteiger partial charge in [-0.25, -0.2) is 0 Å². The van der Waals surface area contributed by atoms with Crippen LogP contribution in [0.25, 0.3) is 0 Å². The van der Waals surface area contributed by atoms with Gasteiger partial charge in [-0.05, 0) is 40.8 Å². The maximum Gasteiger partial charge on any atom is 0.0472 e. The molecule has 0 saturated heterocycles. The number of aromatic nitrogens is 2. The molecule has 0 fully saturated rings. The third-order valence-corrected chi connectivity index (χ3v) is 1.64. The average molecular weight is 246 g/mol. The van der Waals surface area contributed by atoms with Crippen molar-refractivity contribution in [1.82, 2.24) is 10.2 Å². The van der Waals surface area contributed by atoms with Crippen LogP contribution in [0.1, 0.15) is 0 Å². The molecule has 1 rings (SSSR count). The quantitative estimate of drug-likeness (QED) is 0.698. The molecule has 1 heterocycles. The maximum absolute atomic E-state index is 3.84. The van der Waals surface area contributed by atoms with Crippen molar-refractivity contribution in [3.05, 3.63) is 40.2 Å². The summed E-state index contributed by atoms with van der Waals surface area (Å²) in [6, 6.07) is 7.78. The summed E-state index contributed by atoms with van der Waals surface area (Å²) >= 11 is 2.24. The highest BCUT2D eigenvalue weighted by Gasteiger charge is 1.72. The van der Waals surface area contributed by atoms with E-state index in [4.69, 9.17) is 0 Å². The molecular formula is C7H7IN2. The molecule has 1 aromatic heterocycles. The van der Waals surface area contributed by atoms with Gasteiger partial charge in [-0.3, -0.25) is 5.10 Å². The lowest BCUT2D eigenvalue weighted by Crippen LogP contribution is -1.65. The van der Waals surface area contributed by atoms with E-state index in [1.54, 1.807) is 12.4 Å². The van der Waals surface area contributed by atoms with Crippen LogP contribution in [0.4, 0.5) is 0 Å². The smallest absolute Gasteiger partial charge is 0.0472 e. The van der Waals surface area contributed by atoms with Gasteiger partial charge in [0, 0.05) is 16.0 Å². The van der Waals surface area contributed by atoms with Crippen molar-refractivity contribution in [3.63, 3.8) is 0 Å². The highest BCUT2D eigenvalue weighted by atomic mass is 127. The summed E-state index contributed by atoms with van der Waals surface area (Å²) in [4.78, 5) is 0. The summed E-state index contributed by atoms with van der Waals surface area (Å²) < 4.78 is 1.17. The minimum Gasteiger partial charge on any atom is -0.286 e. The Kier molecular flexibility index (Phi) is 3.21. The Labute approximate surface area is 73.1 Å². The van der Waals surface area contributed by atoms with Gasteiger partial charge in [0.15, 0.2) is 0 Å². The lowest BCUT2D eigenvalue weighted by molar-refractivity contribution is 1.05. The summed E-state index contributed by atoms with van der Waals surface area (Å²) in [6.45, 7) is 0. The van der Waals surface area contributed by atoms with E-state index >= 15 is 0 Å². The standard InChI is InChI=1S/C7H7IN2/c8-7-3-1-2-5-9-10-6-4-7/h1-6,10H. The third-order valence-electron chi connectivity index (χ3n) is 0.919. The minimum absolute atomic E-state index is 1.17. The van der Waals surface area contributed by atoms with Crippen LogP contribution in [-0.2, 0) is 0 Å². The number of hydrogen-bond donors (Lipinski definition) is 1. The molecular weight excluding hydrogens is 239 g/mol. The van der Waals surface area contributed by atoms with Gasteiger partial charge < -0.3 is 0 Å². The number of nitrogens with one attached hydrogen (secondary N) is 1.